The number of carbonyl (C=O) groups excluding carboxylic acids is 2. The van der Waals surface area contributed by atoms with Crippen molar-refractivity contribution >= 4 is 17.1 Å². The van der Waals surface area contributed by atoms with Crippen molar-refractivity contribution in [1.29, 1.82) is 0 Å². The molecule has 0 saturated heterocycles. The Hall–Kier alpha value is -1.70. The predicted molar refractivity (Wildman–Crippen MR) is 58.3 cm³/mol. The molecule has 1 aromatic carbocycles. The molecule has 1 aliphatic carbocycles. The van der Waals surface area contributed by atoms with Gasteiger partial charge in [0.05, 0.1) is 0 Å². The van der Waals surface area contributed by atoms with E-state index in [4.69, 9.17) is 0 Å². The van der Waals surface area contributed by atoms with E-state index in [9.17, 15) is 9.59 Å². The number of allylic oxidation sites excluding steroid dienone is 2. The molecule has 0 aromatic heterocycles. The SMILES string of the molecule is O=C1C=C(c2ccccc2)C(=O)CCC1. The van der Waals surface area contributed by atoms with Gasteiger partial charge in [0.1, 0.15) is 0 Å². The molecule has 15 heavy (non-hydrogen) atoms. The Labute approximate surface area is 88.6 Å². The molecule has 0 N–H and O–H groups in total. The van der Waals surface area contributed by atoms with Crippen LogP contribution < -0.4 is 0 Å². The zero-order chi connectivity index (χ0) is 10.7. The minimum Gasteiger partial charge on any atom is -0.295 e. The van der Waals surface area contributed by atoms with E-state index in [2.05, 4.69) is 0 Å². The first-order valence-electron chi connectivity index (χ1n) is 5.10. The van der Waals surface area contributed by atoms with Crippen molar-refractivity contribution in [2.45, 2.75) is 19.3 Å². The smallest absolute Gasteiger partial charge is 0.163 e. The highest BCUT2D eigenvalue weighted by atomic mass is 16.1. The van der Waals surface area contributed by atoms with Crippen LogP contribution in [0, 0.1) is 0 Å². The van der Waals surface area contributed by atoms with Gasteiger partial charge in [0, 0.05) is 18.4 Å². The van der Waals surface area contributed by atoms with Gasteiger partial charge in [-0.15, -0.1) is 0 Å². The minimum atomic E-state index is 0.0553. The second-order valence-electron chi connectivity index (χ2n) is 3.67. The maximum atomic E-state index is 11.7. The van der Waals surface area contributed by atoms with Crippen LogP contribution in [0.15, 0.2) is 36.4 Å². The second-order valence-corrected chi connectivity index (χ2v) is 3.67. The van der Waals surface area contributed by atoms with Crippen molar-refractivity contribution in [3.05, 3.63) is 42.0 Å². The Morgan fingerprint density at radius 3 is 2.40 bits per heavy atom. The van der Waals surface area contributed by atoms with E-state index >= 15 is 0 Å². The molecule has 2 rings (SSSR count). The van der Waals surface area contributed by atoms with Crippen LogP contribution in [0.2, 0.25) is 0 Å². The molecule has 0 saturated carbocycles. The topological polar surface area (TPSA) is 34.1 Å². The summed E-state index contributed by atoms with van der Waals surface area (Å²) < 4.78 is 0. The molecular weight excluding hydrogens is 188 g/mol. The molecule has 1 aliphatic rings. The van der Waals surface area contributed by atoms with Crippen molar-refractivity contribution in [2.24, 2.45) is 0 Å². The van der Waals surface area contributed by atoms with E-state index in [0.717, 1.165) is 5.56 Å². The van der Waals surface area contributed by atoms with Crippen molar-refractivity contribution in [3.63, 3.8) is 0 Å². The van der Waals surface area contributed by atoms with Gasteiger partial charge < -0.3 is 0 Å². The fraction of sp³-hybridized carbons (Fsp3) is 0.231. The third-order valence-electron chi connectivity index (χ3n) is 2.52. The zero-order valence-electron chi connectivity index (χ0n) is 8.40. The van der Waals surface area contributed by atoms with E-state index in [-0.39, 0.29) is 11.6 Å². The van der Waals surface area contributed by atoms with E-state index in [1.54, 1.807) is 0 Å². The van der Waals surface area contributed by atoms with Crippen LogP contribution in [0.1, 0.15) is 24.8 Å². The second kappa shape index (κ2) is 4.22. The fourth-order valence-corrected chi connectivity index (χ4v) is 1.73. The molecule has 76 valence electrons. The highest BCUT2D eigenvalue weighted by Crippen LogP contribution is 2.21. The average molecular weight is 200 g/mol. The van der Waals surface area contributed by atoms with E-state index < -0.39 is 0 Å². The molecule has 0 heterocycles. The number of rotatable bonds is 1. The van der Waals surface area contributed by atoms with Crippen molar-refractivity contribution < 1.29 is 9.59 Å². The lowest BCUT2D eigenvalue weighted by atomic mass is 10.0. The van der Waals surface area contributed by atoms with Gasteiger partial charge in [-0.25, -0.2) is 0 Å². The van der Waals surface area contributed by atoms with Crippen LogP contribution in [0.4, 0.5) is 0 Å². The Kier molecular flexibility index (Phi) is 2.77. The van der Waals surface area contributed by atoms with Crippen molar-refractivity contribution in [3.8, 4) is 0 Å². The minimum absolute atomic E-state index is 0.0553. The van der Waals surface area contributed by atoms with Gasteiger partial charge in [-0.05, 0) is 18.1 Å². The molecular formula is C13H12O2. The van der Waals surface area contributed by atoms with E-state index in [1.807, 2.05) is 30.3 Å². The molecule has 1 aromatic rings. The maximum absolute atomic E-state index is 11.7. The molecule has 2 nitrogen and oxygen atoms in total. The highest BCUT2D eigenvalue weighted by molar-refractivity contribution is 6.25. The Morgan fingerprint density at radius 1 is 0.933 bits per heavy atom. The summed E-state index contributed by atoms with van der Waals surface area (Å²) in [5, 5.41) is 0. The van der Waals surface area contributed by atoms with E-state index in [1.165, 1.54) is 6.08 Å². The molecule has 0 fully saturated rings. The van der Waals surface area contributed by atoms with Gasteiger partial charge in [-0.3, -0.25) is 9.59 Å². The summed E-state index contributed by atoms with van der Waals surface area (Å²) in [6.45, 7) is 0. The monoisotopic (exact) mass is 200 g/mol. The summed E-state index contributed by atoms with van der Waals surface area (Å²) in [7, 11) is 0. The van der Waals surface area contributed by atoms with Crippen molar-refractivity contribution in [2.75, 3.05) is 0 Å². The number of hydrogen-bond acceptors (Lipinski definition) is 2. The predicted octanol–water partition coefficient (Wildman–Crippen LogP) is 2.39. The highest BCUT2D eigenvalue weighted by Gasteiger charge is 2.17. The van der Waals surface area contributed by atoms with Crippen LogP contribution in [-0.2, 0) is 9.59 Å². The van der Waals surface area contributed by atoms with Crippen LogP contribution in [0.5, 0.6) is 0 Å². The van der Waals surface area contributed by atoms with Crippen LogP contribution in [0.3, 0.4) is 0 Å². The third-order valence-corrected chi connectivity index (χ3v) is 2.52. The summed E-state index contributed by atoms with van der Waals surface area (Å²) in [5.41, 5.74) is 1.41. The van der Waals surface area contributed by atoms with Crippen molar-refractivity contribution in [1.82, 2.24) is 0 Å². The number of Topliss-reactive ketones (excluding diaryl/α,β-unsaturated/α-hetero) is 1. The molecule has 0 unspecified atom stereocenters. The summed E-state index contributed by atoms with van der Waals surface area (Å²) in [6.07, 6.45) is 3.13. The molecule has 0 amide bonds. The van der Waals surface area contributed by atoms with Crippen LogP contribution in [0.25, 0.3) is 5.57 Å². The number of benzene rings is 1. The first-order chi connectivity index (χ1) is 7.27. The van der Waals surface area contributed by atoms with Gasteiger partial charge in [0.15, 0.2) is 11.6 Å². The number of hydrogen-bond donors (Lipinski definition) is 0. The third kappa shape index (κ3) is 2.21. The summed E-state index contributed by atoms with van der Waals surface area (Å²) >= 11 is 0. The normalized spacial score (nSPS) is 17.2. The molecule has 0 atom stereocenters. The fourth-order valence-electron chi connectivity index (χ4n) is 1.73. The molecule has 2 heteroatoms. The number of ketones is 2. The summed E-state index contributed by atoms with van der Waals surface area (Å²) in [4.78, 5) is 23.1. The largest absolute Gasteiger partial charge is 0.295 e. The Balaban J connectivity index is 2.41. The van der Waals surface area contributed by atoms with Gasteiger partial charge in [0.2, 0.25) is 0 Å². The van der Waals surface area contributed by atoms with Gasteiger partial charge in [0.25, 0.3) is 0 Å². The molecule has 0 spiro atoms. The lowest BCUT2D eigenvalue weighted by molar-refractivity contribution is -0.114. The van der Waals surface area contributed by atoms with Crippen LogP contribution >= 0.6 is 0 Å². The van der Waals surface area contributed by atoms with E-state index in [0.29, 0.717) is 24.8 Å². The van der Waals surface area contributed by atoms with Gasteiger partial charge in [-0.1, -0.05) is 30.3 Å². The average Bonchev–Trinajstić information content (AvgIpc) is 2.42. The Morgan fingerprint density at radius 2 is 1.67 bits per heavy atom. The lowest BCUT2D eigenvalue weighted by Gasteiger charge is -2.02. The quantitative estimate of drug-likeness (QED) is 0.697. The first-order valence-corrected chi connectivity index (χ1v) is 5.10. The first kappa shape index (κ1) is 9.84. The van der Waals surface area contributed by atoms with Gasteiger partial charge in [-0.2, -0.15) is 0 Å². The molecule has 0 aliphatic heterocycles. The van der Waals surface area contributed by atoms with Crippen LogP contribution in [-0.4, -0.2) is 11.6 Å². The molecule has 0 bridgehead atoms. The van der Waals surface area contributed by atoms with Gasteiger partial charge >= 0.3 is 0 Å². The Bertz CT molecular complexity index is 415. The molecule has 0 radical (unpaired) electrons. The standard InChI is InChI=1S/C13H12O2/c14-11-7-4-8-13(15)12(9-11)10-5-2-1-3-6-10/h1-3,5-6,9H,4,7-8H2. The number of carbonyl (C=O) groups is 2. The maximum Gasteiger partial charge on any atom is 0.163 e. The summed E-state index contributed by atoms with van der Waals surface area (Å²) in [5.74, 6) is 0.131. The zero-order valence-corrected chi connectivity index (χ0v) is 8.40. The summed E-state index contributed by atoms with van der Waals surface area (Å²) in [6, 6.07) is 9.37. The lowest BCUT2D eigenvalue weighted by Crippen LogP contribution is -1.99.